The molecule has 3 N–H and O–H groups in total. The lowest BCUT2D eigenvalue weighted by molar-refractivity contribution is -0.114. The number of rotatable bonds is 7. The first-order valence-electron chi connectivity index (χ1n) is 9.24. The van der Waals surface area contributed by atoms with Crippen molar-refractivity contribution < 1.29 is 23.5 Å². The third-order valence-corrected chi connectivity index (χ3v) is 4.58. The smallest absolute Gasteiger partial charge is 0.337 e. The van der Waals surface area contributed by atoms with Crippen molar-refractivity contribution in [1.82, 2.24) is 0 Å². The average molecular weight is 442 g/mol. The highest BCUT2D eigenvalue weighted by molar-refractivity contribution is 6.31. The van der Waals surface area contributed by atoms with Crippen LogP contribution in [0.15, 0.2) is 59.2 Å². The highest BCUT2D eigenvalue weighted by atomic mass is 35.5. The van der Waals surface area contributed by atoms with Gasteiger partial charge in [0.15, 0.2) is 5.76 Å². The summed E-state index contributed by atoms with van der Waals surface area (Å²) in [4.78, 5) is 36.4. The molecular formula is C22H20ClN3O5. The summed E-state index contributed by atoms with van der Waals surface area (Å²) in [6.45, 7) is 1.72. The molecule has 0 saturated carbocycles. The summed E-state index contributed by atoms with van der Waals surface area (Å²) in [6.07, 6.45) is 1.40. The number of hydrogen-bond donors (Lipinski definition) is 3. The molecule has 0 saturated heterocycles. The zero-order chi connectivity index (χ0) is 22.4. The van der Waals surface area contributed by atoms with Gasteiger partial charge >= 0.3 is 5.97 Å². The summed E-state index contributed by atoms with van der Waals surface area (Å²) < 4.78 is 9.79. The molecule has 8 nitrogen and oxygen atoms in total. The molecule has 1 aromatic heterocycles. The summed E-state index contributed by atoms with van der Waals surface area (Å²) in [5.74, 6) is -1.14. The quantitative estimate of drug-likeness (QED) is 0.471. The van der Waals surface area contributed by atoms with E-state index in [4.69, 9.17) is 20.8 Å². The van der Waals surface area contributed by atoms with E-state index in [0.717, 1.165) is 5.56 Å². The fourth-order valence-electron chi connectivity index (χ4n) is 2.74. The molecule has 0 radical (unpaired) electrons. The van der Waals surface area contributed by atoms with Crippen LogP contribution in [0.4, 0.5) is 17.1 Å². The molecule has 0 aliphatic carbocycles. The zero-order valence-corrected chi connectivity index (χ0v) is 17.6. The van der Waals surface area contributed by atoms with Gasteiger partial charge in [-0.2, -0.15) is 0 Å². The van der Waals surface area contributed by atoms with Gasteiger partial charge in [0.25, 0.3) is 5.91 Å². The van der Waals surface area contributed by atoms with Crippen LogP contribution < -0.4 is 16.0 Å². The molecular weight excluding hydrogens is 422 g/mol. The Morgan fingerprint density at radius 2 is 1.81 bits per heavy atom. The van der Waals surface area contributed by atoms with E-state index in [0.29, 0.717) is 27.6 Å². The van der Waals surface area contributed by atoms with Gasteiger partial charge in [-0.15, -0.1) is 0 Å². The molecule has 0 atom stereocenters. The Bertz CT molecular complexity index is 1110. The van der Waals surface area contributed by atoms with Crippen LogP contribution in [-0.2, 0) is 9.53 Å². The molecule has 31 heavy (non-hydrogen) atoms. The van der Waals surface area contributed by atoms with Crippen LogP contribution in [0.3, 0.4) is 0 Å². The van der Waals surface area contributed by atoms with E-state index in [1.54, 1.807) is 42.5 Å². The fraction of sp³-hybridized carbons (Fsp3) is 0.136. The lowest BCUT2D eigenvalue weighted by Gasteiger charge is -2.14. The van der Waals surface area contributed by atoms with Crippen LogP contribution in [0.25, 0.3) is 0 Å². The summed E-state index contributed by atoms with van der Waals surface area (Å²) in [5.41, 5.74) is 2.51. The number of halogens is 1. The second-order valence-corrected chi connectivity index (χ2v) is 6.98. The molecule has 9 heteroatoms. The molecule has 0 aliphatic rings. The highest BCUT2D eigenvalue weighted by Gasteiger charge is 2.14. The maximum Gasteiger partial charge on any atom is 0.337 e. The number of esters is 1. The number of hydrogen-bond acceptors (Lipinski definition) is 6. The minimum Gasteiger partial charge on any atom is -0.465 e. The molecule has 1 heterocycles. The van der Waals surface area contributed by atoms with E-state index in [2.05, 4.69) is 16.0 Å². The maximum absolute atomic E-state index is 12.5. The predicted octanol–water partition coefficient (Wildman–Crippen LogP) is 4.33. The maximum atomic E-state index is 12.5. The van der Waals surface area contributed by atoms with Gasteiger partial charge in [0.05, 0.1) is 36.9 Å². The van der Waals surface area contributed by atoms with Crippen molar-refractivity contribution in [2.24, 2.45) is 0 Å². The van der Waals surface area contributed by atoms with Crippen LogP contribution in [0.5, 0.6) is 0 Å². The largest absolute Gasteiger partial charge is 0.465 e. The Labute approximate surface area is 183 Å². The Morgan fingerprint density at radius 3 is 2.52 bits per heavy atom. The van der Waals surface area contributed by atoms with Crippen molar-refractivity contribution in [3.8, 4) is 0 Å². The van der Waals surface area contributed by atoms with Crippen molar-refractivity contribution >= 4 is 46.4 Å². The van der Waals surface area contributed by atoms with Gasteiger partial charge in [-0.1, -0.05) is 17.7 Å². The number of nitrogens with one attached hydrogen (secondary N) is 3. The topological polar surface area (TPSA) is 110 Å². The van der Waals surface area contributed by atoms with E-state index in [1.807, 2.05) is 6.92 Å². The van der Waals surface area contributed by atoms with Crippen LogP contribution in [0, 0.1) is 6.92 Å². The second-order valence-electron chi connectivity index (χ2n) is 6.54. The van der Waals surface area contributed by atoms with Crippen molar-refractivity contribution in [1.29, 1.82) is 0 Å². The molecule has 0 aliphatic heterocycles. The lowest BCUT2D eigenvalue weighted by Crippen LogP contribution is -2.23. The molecule has 2 amide bonds. The highest BCUT2D eigenvalue weighted by Crippen LogP contribution is 2.26. The van der Waals surface area contributed by atoms with Gasteiger partial charge in [-0.25, -0.2) is 4.79 Å². The Kier molecular flexibility index (Phi) is 6.94. The SMILES string of the molecule is COC(=O)c1ccc(C)c(NC(=O)CNc2ccc(Cl)cc2NC(=O)c2ccco2)c1. The molecule has 160 valence electrons. The Hall–Kier alpha value is -3.78. The van der Waals surface area contributed by atoms with E-state index in [-0.39, 0.29) is 18.2 Å². The standard InChI is InChI=1S/C22H20ClN3O5/c1-13-5-6-14(22(29)30-2)10-17(13)25-20(27)12-24-16-8-7-15(23)11-18(16)26-21(28)19-4-3-9-31-19/h3-11,24H,12H2,1-2H3,(H,25,27)(H,26,28). The van der Waals surface area contributed by atoms with Crippen molar-refractivity contribution in [3.05, 3.63) is 76.7 Å². The normalized spacial score (nSPS) is 10.3. The lowest BCUT2D eigenvalue weighted by atomic mass is 10.1. The van der Waals surface area contributed by atoms with Gasteiger partial charge in [-0.05, 0) is 55.0 Å². The number of ether oxygens (including phenoxy) is 1. The number of carbonyl (C=O) groups is 3. The number of amides is 2. The third-order valence-electron chi connectivity index (χ3n) is 4.35. The van der Waals surface area contributed by atoms with Crippen LogP contribution >= 0.6 is 11.6 Å². The zero-order valence-electron chi connectivity index (χ0n) is 16.8. The van der Waals surface area contributed by atoms with E-state index in [1.165, 1.54) is 19.4 Å². The van der Waals surface area contributed by atoms with Gasteiger partial charge in [0, 0.05) is 10.7 Å². The second kappa shape index (κ2) is 9.82. The number of benzene rings is 2. The molecule has 3 rings (SSSR count). The number of furan rings is 1. The molecule has 0 bridgehead atoms. The fourth-order valence-corrected chi connectivity index (χ4v) is 2.91. The van der Waals surface area contributed by atoms with E-state index in [9.17, 15) is 14.4 Å². The minimum absolute atomic E-state index is 0.0901. The van der Waals surface area contributed by atoms with Gasteiger partial charge in [-0.3, -0.25) is 9.59 Å². The first-order valence-corrected chi connectivity index (χ1v) is 9.62. The average Bonchev–Trinajstić information content (AvgIpc) is 3.29. The Morgan fingerprint density at radius 1 is 1.00 bits per heavy atom. The van der Waals surface area contributed by atoms with Crippen LogP contribution in [0.2, 0.25) is 5.02 Å². The molecule has 0 spiro atoms. The molecule has 3 aromatic rings. The summed E-state index contributed by atoms with van der Waals surface area (Å²) in [7, 11) is 1.29. The first kappa shape index (κ1) is 21.9. The Balaban J connectivity index is 1.68. The third kappa shape index (κ3) is 5.64. The molecule has 0 fully saturated rings. The van der Waals surface area contributed by atoms with Gasteiger partial charge in [0.2, 0.25) is 5.91 Å². The van der Waals surface area contributed by atoms with E-state index < -0.39 is 11.9 Å². The monoisotopic (exact) mass is 441 g/mol. The summed E-state index contributed by atoms with van der Waals surface area (Å²) in [6, 6.07) is 12.9. The number of methoxy groups -OCH3 is 1. The summed E-state index contributed by atoms with van der Waals surface area (Å²) >= 11 is 6.05. The predicted molar refractivity (Wildman–Crippen MR) is 118 cm³/mol. The summed E-state index contributed by atoms with van der Waals surface area (Å²) in [5, 5.41) is 8.84. The van der Waals surface area contributed by atoms with Gasteiger partial charge in [0.1, 0.15) is 0 Å². The molecule has 0 unspecified atom stereocenters. The molecule has 2 aromatic carbocycles. The van der Waals surface area contributed by atoms with Crippen molar-refractivity contribution in [2.75, 3.05) is 29.6 Å². The first-order chi connectivity index (χ1) is 14.9. The van der Waals surface area contributed by atoms with Crippen molar-refractivity contribution in [3.63, 3.8) is 0 Å². The number of carbonyl (C=O) groups excluding carboxylic acids is 3. The van der Waals surface area contributed by atoms with Gasteiger partial charge < -0.3 is 25.1 Å². The minimum atomic E-state index is -0.494. The van der Waals surface area contributed by atoms with Crippen LogP contribution in [-0.4, -0.2) is 31.4 Å². The van der Waals surface area contributed by atoms with E-state index >= 15 is 0 Å². The van der Waals surface area contributed by atoms with Crippen LogP contribution in [0.1, 0.15) is 26.5 Å². The van der Waals surface area contributed by atoms with Crippen molar-refractivity contribution in [2.45, 2.75) is 6.92 Å². The number of aryl methyl sites for hydroxylation is 1. The number of anilines is 3.